The molecular weight excluding hydrogens is 234 g/mol. The van der Waals surface area contributed by atoms with Gasteiger partial charge in [0.05, 0.1) is 12.1 Å². The molecule has 0 bridgehead atoms. The minimum atomic E-state index is -0.0767. The molecule has 3 nitrogen and oxygen atoms in total. The predicted octanol–water partition coefficient (Wildman–Crippen LogP) is 3.20. The summed E-state index contributed by atoms with van der Waals surface area (Å²) in [7, 11) is 0. The first-order valence-electron chi connectivity index (χ1n) is 5.46. The van der Waals surface area contributed by atoms with Gasteiger partial charge in [0.15, 0.2) is 0 Å². The summed E-state index contributed by atoms with van der Waals surface area (Å²) in [6.45, 7) is 6.27. The summed E-state index contributed by atoms with van der Waals surface area (Å²) >= 11 is 1.66. The molecule has 0 radical (unpaired) electrons. The van der Waals surface area contributed by atoms with Gasteiger partial charge in [-0.2, -0.15) is 0 Å². The van der Waals surface area contributed by atoms with Crippen LogP contribution in [0.4, 0.5) is 0 Å². The summed E-state index contributed by atoms with van der Waals surface area (Å²) in [5, 5.41) is 4.94. The molecule has 0 aromatic carbocycles. The Morgan fingerprint density at radius 3 is 2.71 bits per heavy atom. The average molecular weight is 249 g/mol. The van der Waals surface area contributed by atoms with Crippen LogP contribution in [0.1, 0.15) is 32.3 Å². The molecule has 0 saturated heterocycles. The molecule has 0 unspecified atom stereocenters. The van der Waals surface area contributed by atoms with E-state index in [4.69, 9.17) is 4.42 Å². The third-order valence-electron chi connectivity index (χ3n) is 2.66. The maximum Gasteiger partial charge on any atom is 0.255 e. The van der Waals surface area contributed by atoms with Crippen molar-refractivity contribution in [3.8, 4) is 0 Å². The van der Waals surface area contributed by atoms with E-state index in [0.717, 1.165) is 5.76 Å². The van der Waals surface area contributed by atoms with Crippen molar-refractivity contribution >= 4 is 17.2 Å². The number of nitrogens with one attached hydrogen (secondary N) is 1. The lowest BCUT2D eigenvalue weighted by atomic mass is 10.2. The summed E-state index contributed by atoms with van der Waals surface area (Å²) in [6.07, 6.45) is 0. The van der Waals surface area contributed by atoms with E-state index in [0.29, 0.717) is 17.9 Å². The Kier molecular flexibility index (Phi) is 3.33. The van der Waals surface area contributed by atoms with Gasteiger partial charge in [0.2, 0.25) is 0 Å². The SMILES string of the molecule is Cc1cc(C(=O)NCc2sccc2C)c(C)o1. The Morgan fingerprint density at radius 1 is 1.41 bits per heavy atom. The monoisotopic (exact) mass is 249 g/mol. The van der Waals surface area contributed by atoms with Gasteiger partial charge in [0, 0.05) is 4.88 Å². The highest BCUT2D eigenvalue weighted by Gasteiger charge is 2.13. The third-order valence-corrected chi connectivity index (χ3v) is 3.69. The van der Waals surface area contributed by atoms with Gasteiger partial charge in [-0.05, 0) is 43.8 Å². The molecule has 2 aromatic heterocycles. The molecule has 2 heterocycles. The van der Waals surface area contributed by atoms with Crippen molar-refractivity contribution in [1.82, 2.24) is 5.32 Å². The van der Waals surface area contributed by atoms with Crippen molar-refractivity contribution < 1.29 is 9.21 Å². The molecule has 90 valence electrons. The first-order chi connectivity index (χ1) is 8.08. The maximum atomic E-state index is 11.9. The van der Waals surface area contributed by atoms with Gasteiger partial charge < -0.3 is 9.73 Å². The van der Waals surface area contributed by atoms with E-state index in [9.17, 15) is 4.79 Å². The third kappa shape index (κ3) is 2.58. The van der Waals surface area contributed by atoms with Crippen molar-refractivity contribution in [2.24, 2.45) is 0 Å². The van der Waals surface area contributed by atoms with E-state index in [-0.39, 0.29) is 5.91 Å². The zero-order valence-electron chi connectivity index (χ0n) is 10.2. The van der Waals surface area contributed by atoms with Crippen LogP contribution < -0.4 is 5.32 Å². The number of amides is 1. The molecule has 2 aromatic rings. The number of furan rings is 1. The fourth-order valence-corrected chi connectivity index (χ4v) is 2.54. The van der Waals surface area contributed by atoms with Crippen LogP contribution in [-0.4, -0.2) is 5.91 Å². The van der Waals surface area contributed by atoms with Crippen LogP contribution >= 0.6 is 11.3 Å². The first kappa shape index (κ1) is 11.9. The second-order valence-electron chi connectivity index (χ2n) is 4.04. The van der Waals surface area contributed by atoms with Crippen molar-refractivity contribution in [3.63, 3.8) is 0 Å². The van der Waals surface area contributed by atoms with Gasteiger partial charge in [0.1, 0.15) is 11.5 Å². The summed E-state index contributed by atoms with van der Waals surface area (Å²) in [5.74, 6) is 1.36. The number of aryl methyl sites for hydroxylation is 3. The van der Waals surface area contributed by atoms with Crippen LogP contribution in [0.5, 0.6) is 0 Å². The van der Waals surface area contributed by atoms with Crippen LogP contribution in [0.25, 0.3) is 0 Å². The summed E-state index contributed by atoms with van der Waals surface area (Å²) in [6, 6.07) is 3.82. The molecule has 1 amide bonds. The molecule has 0 fully saturated rings. The fraction of sp³-hybridized carbons (Fsp3) is 0.308. The molecule has 4 heteroatoms. The summed E-state index contributed by atoms with van der Waals surface area (Å²) < 4.78 is 5.34. The zero-order valence-corrected chi connectivity index (χ0v) is 11.0. The highest BCUT2D eigenvalue weighted by molar-refractivity contribution is 7.10. The Hall–Kier alpha value is -1.55. The summed E-state index contributed by atoms with van der Waals surface area (Å²) in [4.78, 5) is 13.1. The van der Waals surface area contributed by atoms with Crippen molar-refractivity contribution in [3.05, 3.63) is 45.0 Å². The van der Waals surface area contributed by atoms with E-state index < -0.39 is 0 Å². The first-order valence-corrected chi connectivity index (χ1v) is 6.34. The van der Waals surface area contributed by atoms with Crippen LogP contribution in [-0.2, 0) is 6.54 Å². The topological polar surface area (TPSA) is 42.2 Å². The number of hydrogen-bond donors (Lipinski definition) is 1. The van der Waals surface area contributed by atoms with Gasteiger partial charge in [-0.25, -0.2) is 0 Å². The highest BCUT2D eigenvalue weighted by atomic mass is 32.1. The minimum absolute atomic E-state index is 0.0767. The van der Waals surface area contributed by atoms with Crippen LogP contribution in [0, 0.1) is 20.8 Å². The van der Waals surface area contributed by atoms with Crippen LogP contribution in [0.2, 0.25) is 0 Å². The number of carbonyl (C=O) groups is 1. The van der Waals surface area contributed by atoms with Gasteiger partial charge in [-0.3, -0.25) is 4.79 Å². The largest absolute Gasteiger partial charge is 0.466 e. The van der Waals surface area contributed by atoms with E-state index in [1.54, 1.807) is 24.3 Å². The number of hydrogen-bond acceptors (Lipinski definition) is 3. The van der Waals surface area contributed by atoms with Crippen LogP contribution in [0.3, 0.4) is 0 Å². The van der Waals surface area contributed by atoms with E-state index in [1.807, 2.05) is 19.2 Å². The second kappa shape index (κ2) is 4.75. The van der Waals surface area contributed by atoms with Gasteiger partial charge >= 0.3 is 0 Å². The average Bonchev–Trinajstić information content (AvgIpc) is 2.81. The standard InChI is InChI=1S/C13H15NO2S/c1-8-4-5-17-12(8)7-14-13(15)11-6-9(2)16-10(11)3/h4-6H,7H2,1-3H3,(H,14,15). The highest BCUT2D eigenvalue weighted by Crippen LogP contribution is 2.16. The number of rotatable bonds is 3. The minimum Gasteiger partial charge on any atom is -0.466 e. The second-order valence-corrected chi connectivity index (χ2v) is 5.04. The van der Waals surface area contributed by atoms with Gasteiger partial charge in [-0.1, -0.05) is 0 Å². The molecule has 0 saturated carbocycles. The van der Waals surface area contributed by atoms with E-state index >= 15 is 0 Å². The molecule has 0 spiro atoms. The van der Waals surface area contributed by atoms with Crippen molar-refractivity contribution in [2.75, 3.05) is 0 Å². The smallest absolute Gasteiger partial charge is 0.255 e. The summed E-state index contributed by atoms with van der Waals surface area (Å²) in [5.41, 5.74) is 1.84. The molecule has 17 heavy (non-hydrogen) atoms. The Labute approximate surface area is 104 Å². The normalized spacial score (nSPS) is 10.5. The van der Waals surface area contributed by atoms with Crippen molar-refractivity contribution in [1.29, 1.82) is 0 Å². The molecule has 1 N–H and O–H groups in total. The lowest BCUT2D eigenvalue weighted by Gasteiger charge is -2.03. The molecule has 0 aliphatic rings. The molecule has 0 atom stereocenters. The van der Waals surface area contributed by atoms with Gasteiger partial charge in [-0.15, -0.1) is 11.3 Å². The Morgan fingerprint density at radius 2 is 2.18 bits per heavy atom. The van der Waals surface area contributed by atoms with E-state index in [2.05, 4.69) is 11.4 Å². The van der Waals surface area contributed by atoms with Crippen molar-refractivity contribution in [2.45, 2.75) is 27.3 Å². The molecule has 2 rings (SSSR count). The quantitative estimate of drug-likeness (QED) is 0.907. The number of thiophene rings is 1. The zero-order chi connectivity index (χ0) is 12.4. The Bertz CT molecular complexity index is 539. The molecular formula is C13H15NO2S. The predicted molar refractivity (Wildman–Crippen MR) is 68.4 cm³/mol. The van der Waals surface area contributed by atoms with Crippen LogP contribution in [0.15, 0.2) is 21.9 Å². The Balaban J connectivity index is 2.03. The maximum absolute atomic E-state index is 11.9. The molecule has 0 aliphatic heterocycles. The molecule has 0 aliphatic carbocycles. The lowest BCUT2D eigenvalue weighted by molar-refractivity contribution is 0.0950. The fourth-order valence-electron chi connectivity index (χ4n) is 1.70. The number of carbonyl (C=O) groups excluding carboxylic acids is 1. The lowest BCUT2D eigenvalue weighted by Crippen LogP contribution is -2.22. The van der Waals surface area contributed by atoms with E-state index in [1.165, 1.54) is 10.4 Å². The van der Waals surface area contributed by atoms with Gasteiger partial charge in [0.25, 0.3) is 5.91 Å².